The number of anilines is 2. The van der Waals surface area contributed by atoms with Crippen LogP contribution in [0.1, 0.15) is 37.6 Å². The van der Waals surface area contributed by atoms with Crippen molar-refractivity contribution < 1.29 is 32.9 Å². The summed E-state index contributed by atoms with van der Waals surface area (Å²) in [5.74, 6) is -0.585. The highest BCUT2D eigenvalue weighted by molar-refractivity contribution is 9.10. The third-order valence-electron chi connectivity index (χ3n) is 5.61. The van der Waals surface area contributed by atoms with Gasteiger partial charge in [0.05, 0.1) is 24.5 Å². The summed E-state index contributed by atoms with van der Waals surface area (Å²) in [6.45, 7) is 8.24. The van der Waals surface area contributed by atoms with Gasteiger partial charge in [0, 0.05) is 43.4 Å². The smallest absolute Gasteiger partial charge is 0.410 e. The van der Waals surface area contributed by atoms with E-state index in [1.807, 2.05) is 25.7 Å². The van der Waals surface area contributed by atoms with Crippen LogP contribution in [-0.4, -0.2) is 75.8 Å². The largest absolute Gasteiger partial charge is 0.467 e. The first kappa shape index (κ1) is 29.7. The molecule has 0 unspecified atom stereocenters. The standard InChI is InChI=1S/C27H35BrFN3O6/c1-27(2,3)38-26(34)32-11-5-10-31(12-13-32)23-8-7-20(17-22(23)29)30-25(33)21-16-19(28)6-9-24(21)37-18-36-15-14-35-4/h6-9,16-17H,5,10-15,18H2,1-4H3,(H,30,33). The molecule has 0 aliphatic carbocycles. The molecule has 0 bridgehead atoms. The van der Waals surface area contributed by atoms with Crippen molar-refractivity contribution in [2.45, 2.75) is 32.8 Å². The summed E-state index contributed by atoms with van der Waals surface area (Å²) in [5.41, 5.74) is 0.419. The van der Waals surface area contributed by atoms with E-state index in [9.17, 15) is 9.59 Å². The predicted octanol–water partition coefficient (Wildman–Crippen LogP) is 5.29. The number of nitrogens with zero attached hydrogens (tertiary/aromatic N) is 2. The average molecular weight is 596 g/mol. The second-order valence-electron chi connectivity index (χ2n) is 9.73. The van der Waals surface area contributed by atoms with Gasteiger partial charge in [0.2, 0.25) is 0 Å². The lowest BCUT2D eigenvalue weighted by Crippen LogP contribution is -2.39. The molecule has 2 amide bonds. The van der Waals surface area contributed by atoms with E-state index in [4.69, 9.17) is 18.9 Å². The first-order chi connectivity index (χ1) is 18.1. The number of halogens is 2. The SMILES string of the molecule is COCCOCOc1ccc(Br)cc1C(=O)Nc1ccc(N2CCCN(C(=O)OC(C)(C)C)CC2)c(F)c1. The Morgan fingerprint density at radius 1 is 1.05 bits per heavy atom. The maximum atomic E-state index is 15.2. The number of ether oxygens (including phenoxy) is 4. The Morgan fingerprint density at radius 3 is 2.55 bits per heavy atom. The van der Waals surface area contributed by atoms with Crippen LogP contribution in [0, 0.1) is 5.82 Å². The van der Waals surface area contributed by atoms with Gasteiger partial charge in [-0.25, -0.2) is 9.18 Å². The van der Waals surface area contributed by atoms with Crippen LogP contribution in [0.25, 0.3) is 0 Å². The van der Waals surface area contributed by atoms with Crippen molar-refractivity contribution >= 4 is 39.3 Å². The van der Waals surface area contributed by atoms with Gasteiger partial charge < -0.3 is 34.1 Å². The van der Waals surface area contributed by atoms with Crippen molar-refractivity contribution in [3.8, 4) is 5.75 Å². The summed E-state index contributed by atoms with van der Waals surface area (Å²) in [5, 5.41) is 2.74. The molecular weight excluding hydrogens is 561 g/mol. The van der Waals surface area contributed by atoms with Crippen molar-refractivity contribution in [2.24, 2.45) is 0 Å². The second-order valence-corrected chi connectivity index (χ2v) is 10.6. The molecule has 1 heterocycles. The van der Waals surface area contributed by atoms with Crippen molar-refractivity contribution in [1.82, 2.24) is 4.90 Å². The van der Waals surface area contributed by atoms with Crippen LogP contribution in [0.5, 0.6) is 5.75 Å². The fourth-order valence-corrected chi connectivity index (χ4v) is 4.18. The molecule has 208 valence electrons. The van der Waals surface area contributed by atoms with Crippen molar-refractivity contribution in [3.05, 3.63) is 52.3 Å². The highest BCUT2D eigenvalue weighted by Gasteiger charge is 2.25. The Kier molecular flexibility index (Phi) is 10.7. The van der Waals surface area contributed by atoms with Gasteiger partial charge in [0.15, 0.2) is 6.79 Å². The van der Waals surface area contributed by atoms with Gasteiger partial charge in [-0.2, -0.15) is 0 Å². The predicted molar refractivity (Wildman–Crippen MR) is 146 cm³/mol. The highest BCUT2D eigenvalue weighted by Crippen LogP contribution is 2.27. The summed E-state index contributed by atoms with van der Waals surface area (Å²) in [6.07, 6.45) is 0.313. The van der Waals surface area contributed by atoms with E-state index in [0.717, 1.165) is 0 Å². The Morgan fingerprint density at radius 2 is 1.84 bits per heavy atom. The van der Waals surface area contributed by atoms with Crippen LogP contribution in [-0.2, 0) is 14.2 Å². The van der Waals surface area contributed by atoms with Gasteiger partial charge in [-0.3, -0.25) is 4.79 Å². The van der Waals surface area contributed by atoms with E-state index in [1.54, 1.807) is 42.3 Å². The Hall–Kier alpha value is -2.89. The van der Waals surface area contributed by atoms with E-state index < -0.39 is 17.3 Å². The van der Waals surface area contributed by atoms with E-state index in [1.165, 1.54) is 6.07 Å². The molecule has 11 heteroatoms. The molecule has 38 heavy (non-hydrogen) atoms. The van der Waals surface area contributed by atoms with E-state index in [-0.39, 0.29) is 18.4 Å². The van der Waals surface area contributed by atoms with Gasteiger partial charge in [-0.05, 0) is 63.6 Å². The molecule has 3 rings (SSSR count). The van der Waals surface area contributed by atoms with E-state index >= 15 is 4.39 Å². The molecule has 1 aliphatic rings. The maximum absolute atomic E-state index is 15.2. The van der Waals surface area contributed by atoms with Crippen molar-refractivity contribution in [2.75, 3.05) is 63.5 Å². The molecule has 0 radical (unpaired) electrons. The molecule has 0 spiro atoms. The van der Waals surface area contributed by atoms with Crippen LogP contribution in [0.3, 0.4) is 0 Å². The third-order valence-corrected chi connectivity index (χ3v) is 6.10. The molecule has 1 saturated heterocycles. The van der Waals surface area contributed by atoms with Gasteiger partial charge in [0.25, 0.3) is 5.91 Å². The highest BCUT2D eigenvalue weighted by atomic mass is 79.9. The molecule has 0 saturated carbocycles. The van der Waals surface area contributed by atoms with Gasteiger partial charge in [0.1, 0.15) is 17.2 Å². The minimum absolute atomic E-state index is 0.0458. The fraction of sp³-hybridized carbons (Fsp3) is 0.481. The molecule has 1 N–H and O–H groups in total. The lowest BCUT2D eigenvalue weighted by Gasteiger charge is -2.27. The fourth-order valence-electron chi connectivity index (χ4n) is 3.82. The molecule has 1 aliphatic heterocycles. The first-order valence-electron chi connectivity index (χ1n) is 12.4. The first-order valence-corrected chi connectivity index (χ1v) is 13.2. The summed E-state index contributed by atoms with van der Waals surface area (Å²) in [6, 6.07) is 9.60. The summed E-state index contributed by atoms with van der Waals surface area (Å²) in [4.78, 5) is 29.0. The zero-order valence-electron chi connectivity index (χ0n) is 22.2. The number of carbonyl (C=O) groups is 2. The molecule has 0 aromatic heterocycles. The zero-order valence-corrected chi connectivity index (χ0v) is 23.8. The number of methoxy groups -OCH3 is 1. The molecule has 9 nitrogen and oxygen atoms in total. The number of carbonyl (C=O) groups excluding carboxylic acids is 2. The normalized spacial score (nSPS) is 14.2. The molecule has 1 fully saturated rings. The molecule has 2 aromatic carbocycles. The molecular formula is C27H35BrFN3O6. The summed E-state index contributed by atoms with van der Waals surface area (Å²) < 4.78 is 37.2. The Labute approximate surface area is 231 Å². The van der Waals surface area contributed by atoms with Gasteiger partial charge >= 0.3 is 6.09 Å². The quantitative estimate of drug-likeness (QED) is 0.311. The monoisotopic (exact) mass is 595 g/mol. The summed E-state index contributed by atoms with van der Waals surface area (Å²) >= 11 is 3.37. The number of hydrogen-bond acceptors (Lipinski definition) is 7. The number of benzene rings is 2. The Bertz CT molecular complexity index is 1110. The number of amides is 2. The van der Waals surface area contributed by atoms with E-state index in [0.29, 0.717) is 67.4 Å². The number of hydrogen-bond donors (Lipinski definition) is 1. The van der Waals surface area contributed by atoms with Crippen LogP contribution >= 0.6 is 15.9 Å². The van der Waals surface area contributed by atoms with Crippen molar-refractivity contribution in [3.63, 3.8) is 0 Å². The van der Waals surface area contributed by atoms with Gasteiger partial charge in [-0.1, -0.05) is 15.9 Å². The zero-order chi connectivity index (χ0) is 27.7. The van der Waals surface area contributed by atoms with E-state index in [2.05, 4.69) is 21.2 Å². The minimum atomic E-state index is -0.573. The van der Waals surface area contributed by atoms with Crippen LogP contribution in [0.15, 0.2) is 40.9 Å². The topological polar surface area (TPSA) is 89.6 Å². The lowest BCUT2D eigenvalue weighted by molar-refractivity contribution is -0.00873. The molecule has 0 atom stereocenters. The van der Waals surface area contributed by atoms with Gasteiger partial charge in [-0.15, -0.1) is 0 Å². The van der Waals surface area contributed by atoms with Crippen molar-refractivity contribution in [1.29, 1.82) is 0 Å². The average Bonchev–Trinajstić information content (AvgIpc) is 3.10. The lowest BCUT2D eigenvalue weighted by atomic mass is 10.1. The Balaban J connectivity index is 1.64. The van der Waals surface area contributed by atoms with Crippen LogP contribution in [0.4, 0.5) is 20.6 Å². The van der Waals surface area contributed by atoms with Crippen LogP contribution in [0.2, 0.25) is 0 Å². The minimum Gasteiger partial charge on any atom is -0.467 e. The molecule has 2 aromatic rings. The third kappa shape index (κ3) is 8.85. The number of nitrogens with one attached hydrogen (secondary N) is 1. The second kappa shape index (κ2) is 13.8. The summed E-state index contributed by atoms with van der Waals surface area (Å²) in [7, 11) is 1.57. The maximum Gasteiger partial charge on any atom is 0.410 e. The number of rotatable bonds is 9. The van der Waals surface area contributed by atoms with Crippen LogP contribution < -0.4 is 15.0 Å².